The Labute approximate surface area is 129 Å². The molecule has 0 saturated carbocycles. The largest absolute Gasteiger partial charge is 0.298 e. The molecule has 0 atom stereocenters. The van der Waals surface area contributed by atoms with E-state index in [1.165, 1.54) is 10.0 Å². The first-order valence-corrected chi connectivity index (χ1v) is 7.93. The standard InChI is InChI=1S/C14H15Br2N3/c15-13-5-17-19(10-13)8-11-6-18(7-11)9-12-3-1-2-4-14(12)16/h1-5,10-11H,6-9H2. The van der Waals surface area contributed by atoms with Crippen LogP contribution in [-0.4, -0.2) is 27.8 Å². The lowest BCUT2D eigenvalue weighted by Crippen LogP contribution is -2.47. The molecule has 19 heavy (non-hydrogen) atoms. The van der Waals surface area contributed by atoms with Crippen LogP contribution in [0.5, 0.6) is 0 Å². The van der Waals surface area contributed by atoms with Crippen LogP contribution in [0.15, 0.2) is 45.6 Å². The Balaban J connectivity index is 1.49. The normalized spacial score (nSPS) is 16.5. The summed E-state index contributed by atoms with van der Waals surface area (Å²) in [6.45, 7) is 4.34. The lowest BCUT2D eigenvalue weighted by atomic mass is 9.99. The zero-order chi connectivity index (χ0) is 13.2. The van der Waals surface area contributed by atoms with Crippen LogP contribution in [0.3, 0.4) is 0 Å². The number of hydrogen-bond acceptors (Lipinski definition) is 2. The van der Waals surface area contributed by atoms with Gasteiger partial charge in [0.05, 0.1) is 10.7 Å². The summed E-state index contributed by atoms with van der Waals surface area (Å²) in [5, 5.41) is 4.30. The van der Waals surface area contributed by atoms with Crippen LogP contribution in [-0.2, 0) is 13.1 Å². The number of nitrogens with zero attached hydrogens (tertiary/aromatic N) is 3. The van der Waals surface area contributed by atoms with E-state index >= 15 is 0 Å². The molecule has 1 saturated heterocycles. The molecule has 1 aliphatic rings. The Bertz CT molecular complexity index is 561. The molecule has 1 aromatic carbocycles. The predicted molar refractivity (Wildman–Crippen MR) is 82.8 cm³/mol. The van der Waals surface area contributed by atoms with E-state index in [1.54, 1.807) is 0 Å². The third-order valence-corrected chi connectivity index (χ3v) is 4.61. The average molecular weight is 385 g/mol. The smallest absolute Gasteiger partial charge is 0.0632 e. The van der Waals surface area contributed by atoms with E-state index in [-0.39, 0.29) is 0 Å². The number of benzene rings is 1. The van der Waals surface area contributed by atoms with Gasteiger partial charge in [-0.25, -0.2) is 0 Å². The molecule has 0 aliphatic carbocycles. The van der Waals surface area contributed by atoms with Crippen LogP contribution in [0.1, 0.15) is 5.56 Å². The SMILES string of the molecule is Brc1cnn(CC2CN(Cc3ccccc3Br)C2)c1. The number of halogens is 2. The van der Waals surface area contributed by atoms with E-state index in [4.69, 9.17) is 0 Å². The van der Waals surface area contributed by atoms with E-state index in [9.17, 15) is 0 Å². The van der Waals surface area contributed by atoms with Crippen LogP contribution < -0.4 is 0 Å². The van der Waals surface area contributed by atoms with Gasteiger partial charge in [0.2, 0.25) is 0 Å². The first kappa shape index (κ1) is 13.3. The summed E-state index contributed by atoms with van der Waals surface area (Å²) < 4.78 is 4.27. The Hall–Kier alpha value is -0.650. The molecule has 1 aliphatic heterocycles. The minimum atomic E-state index is 0.717. The van der Waals surface area contributed by atoms with Crippen molar-refractivity contribution in [2.24, 2.45) is 5.92 Å². The molecule has 100 valence electrons. The van der Waals surface area contributed by atoms with Crippen molar-refractivity contribution in [2.45, 2.75) is 13.1 Å². The summed E-state index contributed by atoms with van der Waals surface area (Å²) in [7, 11) is 0. The van der Waals surface area contributed by atoms with Gasteiger partial charge in [-0.1, -0.05) is 34.1 Å². The molecule has 5 heteroatoms. The number of likely N-dealkylation sites (tertiary alicyclic amines) is 1. The minimum Gasteiger partial charge on any atom is -0.298 e. The number of rotatable bonds is 4. The minimum absolute atomic E-state index is 0.717. The summed E-state index contributed by atoms with van der Waals surface area (Å²) in [5.74, 6) is 0.717. The summed E-state index contributed by atoms with van der Waals surface area (Å²) in [6.07, 6.45) is 3.88. The van der Waals surface area contributed by atoms with Gasteiger partial charge in [0.15, 0.2) is 0 Å². The quantitative estimate of drug-likeness (QED) is 0.803. The van der Waals surface area contributed by atoms with Gasteiger partial charge in [-0.15, -0.1) is 0 Å². The second-order valence-corrected chi connectivity index (χ2v) is 6.80. The van der Waals surface area contributed by atoms with Gasteiger partial charge in [-0.3, -0.25) is 9.58 Å². The first-order chi connectivity index (χ1) is 9.20. The zero-order valence-corrected chi connectivity index (χ0v) is 13.6. The summed E-state index contributed by atoms with van der Waals surface area (Å²) in [6, 6.07) is 8.44. The van der Waals surface area contributed by atoms with Crippen molar-refractivity contribution >= 4 is 31.9 Å². The van der Waals surface area contributed by atoms with Crippen molar-refractivity contribution in [2.75, 3.05) is 13.1 Å². The number of hydrogen-bond donors (Lipinski definition) is 0. The average Bonchev–Trinajstić information content (AvgIpc) is 2.75. The Morgan fingerprint density at radius 2 is 2.00 bits per heavy atom. The van der Waals surface area contributed by atoms with Gasteiger partial charge in [0, 0.05) is 42.8 Å². The molecule has 1 aromatic heterocycles. The highest BCUT2D eigenvalue weighted by molar-refractivity contribution is 9.10. The molecule has 0 amide bonds. The molecule has 0 N–H and O–H groups in total. The Kier molecular flexibility index (Phi) is 4.05. The second kappa shape index (κ2) is 5.77. The number of aromatic nitrogens is 2. The molecule has 0 spiro atoms. The van der Waals surface area contributed by atoms with Crippen molar-refractivity contribution in [3.8, 4) is 0 Å². The fraction of sp³-hybridized carbons (Fsp3) is 0.357. The van der Waals surface area contributed by atoms with Crippen molar-refractivity contribution in [1.82, 2.24) is 14.7 Å². The zero-order valence-electron chi connectivity index (χ0n) is 10.5. The highest BCUT2D eigenvalue weighted by Gasteiger charge is 2.27. The second-order valence-electron chi connectivity index (χ2n) is 5.03. The van der Waals surface area contributed by atoms with E-state index in [1.807, 2.05) is 17.1 Å². The third-order valence-electron chi connectivity index (χ3n) is 3.43. The topological polar surface area (TPSA) is 21.1 Å². The molecule has 1 fully saturated rings. The lowest BCUT2D eigenvalue weighted by Gasteiger charge is -2.39. The van der Waals surface area contributed by atoms with Crippen LogP contribution >= 0.6 is 31.9 Å². The molecule has 2 aromatic rings. The molecular weight excluding hydrogens is 370 g/mol. The van der Waals surface area contributed by atoms with Crippen molar-refractivity contribution in [3.05, 3.63) is 51.2 Å². The maximum absolute atomic E-state index is 4.30. The van der Waals surface area contributed by atoms with Crippen LogP contribution in [0.4, 0.5) is 0 Å². The summed E-state index contributed by atoms with van der Waals surface area (Å²) >= 11 is 7.03. The fourth-order valence-corrected chi connectivity index (χ4v) is 3.23. The van der Waals surface area contributed by atoms with Gasteiger partial charge < -0.3 is 0 Å². The van der Waals surface area contributed by atoms with Crippen molar-refractivity contribution < 1.29 is 0 Å². The van der Waals surface area contributed by atoms with E-state index < -0.39 is 0 Å². The highest BCUT2D eigenvalue weighted by Crippen LogP contribution is 2.24. The van der Waals surface area contributed by atoms with E-state index in [0.717, 1.165) is 30.7 Å². The molecule has 0 unspecified atom stereocenters. The van der Waals surface area contributed by atoms with Crippen molar-refractivity contribution in [3.63, 3.8) is 0 Å². The van der Waals surface area contributed by atoms with Crippen molar-refractivity contribution in [1.29, 1.82) is 0 Å². The van der Waals surface area contributed by atoms with Gasteiger partial charge >= 0.3 is 0 Å². The van der Waals surface area contributed by atoms with Gasteiger partial charge in [-0.05, 0) is 27.6 Å². The fourth-order valence-electron chi connectivity index (χ4n) is 2.49. The molecule has 2 heterocycles. The Morgan fingerprint density at radius 1 is 1.21 bits per heavy atom. The molecule has 0 radical (unpaired) electrons. The Morgan fingerprint density at radius 3 is 2.68 bits per heavy atom. The van der Waals surface area contributed by atoms with Gasteiger partial charge in [0.25, 0.3) is 0 Å². The van der Waals surface area contributed by atoms with Crippen LogP contribution in [0, 0.1) is 5.92 Å². The van der Waals surface area contributed by atoms with Gasteiger partial charge in [-0.2, -0.15) is 5.10 Å². The predicted octanol–water partition coefficient (Wildman–Crippen LogP) is 3.54. The summed E-state index contributed by atoms with van der Waals surface area (Å²) in [4.78, 5) is 2.48. The molecular formula is C14H15Br2N3. The lowest BCUT2D eigenvalue weighted by molar-refractivity contribution is 0.0776. The third kappa shape index (κ3) is 3.27. The van der Waals surface area contributed by atoms with E-state index in [0.29, 0.717) is 5.92 Å². The van der Waals surface area contributed by atoms with Crippen LogP contribution in [0.25, 0.3) is 0 Å². The molecule has 3 rings (SSSR count). The molecule has 3 nitrogen and oxygen atoms in total. The first-order valence-electron chi connectivity index (χ1n) is 6.34. The summed E-state index contributed by atoms with van der Waals surface area (Å²) in [5.41, 5.74) is 1.36. The van der Waals surface area contributed by atoms with E-state index in [2.05, 4.69) is 66.1 Å². The monoisotopic (exact) mass is 383 g/mol. The van der Waals surface area contributed by atoms with Crippen LogP contribution in [0.2, 0.25) is 0 Å². The van der Waals surface area contributed by atoms with Gasteiger partial charge in [0.1, 0.15) is 0 Å². The maximum atomic E-state index is 4.30. The molecule has 0 bridgehead atoms. The highest BCUT2D eigenvalue weighted by atomic mass is 79.9. The maximum Gasteiger partial charge on any atom is 0.0632 e.